The van der Waals surface area contributed by atoms with Crippen LogP contribution in [0.5, 0.6) is 0 Å². The van der Waals surface area contributed by atoms with Gasteiger partial charge in [-0.05, 0) is 5.56 Å². The second-order valence-electron chi connectivity index (χ2n) is 4.60. The second kappa shape index (κ2) is 5.56. The number of nitrogens with zero attached hydrogens (tertiary/aromatic N) is 1. The van der Waals surface area contributed by atoms with Crippen LogP contribution in [0, 0.1) is 0 Å². The van der Waals surface area contributed by atoms with Crippen molar-refractivity contribution in [3.8, 4) is 0 Å². The molecule has 0 bridgehead atoms. The number of rotatable bonds is 4. The van der Waals surface area contributed by atoms with Crippen molar-refractivity contribution in [3.05, 3.63) is 35.9 Å². The van der Waals surface area contributed by atoms with E-state index in [1.54, 1.807) is 0 Å². The van der Waals surface area contributed by atoms with Crippen LogP contribution in [0.3, 0.4) is 0 Å². The van der Waals surface area contributed by atoms with E-state index in [2.05, 4.69) is 0 Å². The summed E-state index contributed by atoms with van der Waals surface area (Å²) in [4.78, 5) is 1.82. The van der Waals surface area contributed by atoms with E-state index < -0.39 is 19.4 Å². The SMILES string of the molecule is N[C@@H]1CN(C(CF)CF)C[C@H]1c1ccccc1. The van der Waals surface area contributed by atoms with Gasteiger partial charge in [-0.15, -0.1) is 0 Å². The molecule has 1 aliphatic rings. The Morgan fingerprint density at radius 3 is 2.41 bits per heavy atom. The molecule has 2 rings (SSSR count). The molecule has 1 aromatic carbocycles. The summed E-state index contributed by atoms with van der Waals surface area (Å²) in [7, 11) is 0. The Balaban J connectivity index is 2.07. The maximum Gasteiger partial charge on any atom is 0.107 e. The zero-order chi connectivity index (χ0) is 12.3. The number of nitrogens with two attached hydrogens (primary N) is 1. The fraction of sp³-hybridized carbons (Fsp3) is 0.538. The third-order valence-corrected chi connectivity index (χ3v) is 3.49. The molecule has 0 aliphatic carbocycles. The highest BCUT2D eigenvalue weighted by Crippen LogP contribution is 2.27. The van der Waals surface area contributed by atoms with Gasteiger partial charge in [0, 0.05) is 25.0 Å². The molecule has 2 N–H and O–H groups in total. The van der Waals surface area contributed by atoms with Crippen LogP contribution in [0.15, 0.2) is 30.3 Å². The number of halogens is 2. The Labute approximate surface area is 100 Å². The van der Waals surface area contributed by atoms with E-state index in [1.165, 1.54) is 0 Å². The van der Waals surface area contributed by atoms with Crippen LogP contribution in [0.1, 0.15) is 11.5 Å². The standard InChI is InChI=1S/C13H18F2N2/c14-6-11(7-15)17-8-12(13(16)9-17)10-4-2-1-3-5-10/h1-5,11-13H,6-9,16H2/t12-,13+/m0/s1. The number of likely N-dealkylation sites (tertiary alicyclic amines) is 1. The second-order valence-corrected chi connectivity index (χ2v) is 4.60. The lowest BCUT2D eigenvalue weighted by Gasteiger charge is -2.22. The zero-order valence-corrected chi connectivity index (χ0v) is 9.73. The number of benzene rings is 1. The Morgan fingerprint density at radius 1 is 1.18 bits per heavy atom. The van der Waals surface area contributed by atoms with E-state index in [9.17, 15) is 8.78 Å². The molecule has 0 radical (unpaired) electrons. The van der Waals surface area contributed by atoms with Crippen molar-refractivity contribution >= 4 is 0 Å². The summed E-state index contributed by atoms with van der Waals surface area (Å²) in [6, 6.07) is 9.25. The molecule has 17 heavy (non-hydrogen) atoms. The minimum atomic E-state index is -0.648. The van der Waals surface area contributed by atoms with Crippen molar-refractivity contribution in [1.29, 1.82) is 0 Å². The van der Waals surface area contributed by atoms with Gasteiger partial charge in [0.2, 0.25) is 0 Å². The van der Waals surface area contributed by atoms with Crippen molar-refractivity contribution in [1.82, 2.24) is 4.90 Å². The Bertz CT molecular complexity index is 341. The molecule has 0 spiro atoms. The van der Waals surface area contributed by atoms with E-state index >= 15 is 0 Å². The van der Waals surface area contributed by atoms with Crippen LogP contribution in [-0.2, 0) is 0 Å². The summed E-state index contributed by atoms with van der Waals surface area (Å²) in [5, 5.41) is 0. The van der Waals surface area contributed by atoms with E-state index in [1.807, 2.05) is 35.2 Å². The van der Waals surface area contributed by atoms with E-state index in [-0.39, 0.29) is 12.0 Å². The highest BCUT2D eigenvalue weighted by atomic mass is 19.1. The first-order valence-electron chi connectivity index (χ1n) is 5.92. The molecule has 0 saturated carbocycles. The molecule has 1 saturated heterocycles. The average molecular weight is 240 g/mol. The summed E-state index contributed by atoms with van der Waals surface area (Å²) in [5.41, 5.74) is 7.21. The average Bonchev–Trinajstić information content (AvgIpc) is 2.74. The molecule has 1 aliphatic heterocycles. The quantitative estimate of drug-likeness (QED) is 0.868. The van der Waals surface area contributed by atoms with Gasteiger partial charge in [-0.2, -0.15) is 0 Å². The minimum Gasteiger partial charge on any atom is -0.326 e. The fourth-order valence-electron chi connectivity index (χ4n) is 2.45. The van der Waals surface area contributed by atoms with Crippen molar-refractivity contribution in [3.63, 3.8) is 0 Å². The first-order chi connectivity index (χ1) is 8.26. The third-order valence-electron chi connectivity index (χ3n) is 3.49. The maximum absolute atomic E-state index is 12.6. The Kier molecular flexibility index (Phi) is 4.07. The molecule has 4 heteroatoms. The normalized spacial score (nSPS) is 25.6. The molecule has 0 amide bonds. The van der Waals surface area contributed by atoms with Crippen LogP contribution in [-0.4, -0.2) is 43.4 Å². The van der Waals surface area contributed by atoms with Gasteiger partial charge in [-0.3, -0.25) is 4.90 Å². The third kappa shape index (κ3) is 2.64. The van der Waals surface area contributed by atoms with Gasteiger partial charge in [-0.25, -0.2) is 8.78 Å². The monoisotopic (exact) mass is 240 g/mol. The van der Waals surface area contributed by atoms with Gasteiger partial charge in [0.15, 0.2) is 0 Å². The largest absolute Gasteiger partial charge is 0.326 e. The number of hydrogen-bond donors (Lipinski definition) is 1. The fourth-order valence-corrected chi connectivity index (χ4v) is 2.45. The van der Waals surface area contributed by atoms with Gasteiger partial charge in [0.1, 0.15) is 13.3 Å². The smallest absolute Gasteiger partial charge is 0.107 e. The lowest BCUT2D eigenvalue weighted by Crippen LogP contribution is -2.38. The van der Waals surface area contributed by atoms with Crippen LogP contribution in [0.2, 0.25) is 0 Å². The highest BCUT2D eigenvalue weighted by molar-refractivity contribution is 5.23. The van der Waals surface area contributed by atoms with Gasteiger partial charge in [0.25, 0.3) is 0 Å². The number of alkyl halides is 2. The first-order valence-corrected chi connectivity index (χ1v) is 5.92. The first kappa shape index (κ1) is 12.5. The van der Waals surface area contributed by atoms with E-state index in [0.29, 0.717) is 13.1 Å². The Hall–Kier alpha value is -1.00. The highest BCUT2D eigenvalue weighted by Gasteiger charge is 2.34. The predicted molar refractivity (Wildman–Crippen MR) is 64.5 cm³/mol. The van der Waals surface area contributed by atoms with Crippen molar-refractivity contribution in [2.75, 3.05) is 26.4 Å². The lowest BCUT2D eigenvalue weighted by molar-refractivity contribution is 0.164. The summed E-state index contributed by atoms with van der Waals surface area (Å²) in [6.45, 7) is -0.0861. The van der Waals surface area contributed by atoms with Crippen molar-refractivity contribution in [2.45, 2.75) is 18.0 Å². The van der Waals surface area contributed by atoms with Gasteiger partial charge < -0.3 is 5.73 Å². The number of hydrogen-bond acceptors (Lipinski definition) is 2. The molecular weight excluding hydrogens is 222 g/mol. The van der Waals surface area contributed by atoms with Gasteiger partial charge in [-0.1, -0.05) is 30.3 Å². The minimum absolute atomic E-state index is 0.0435. The van der Waals surface area contributed by atoms with E-state index in [0.717, 1.165) is 5.56 Å². The molecule has 1 fully saturated rings. The zero-order valence-electron chi connectivity index (χ0n) is 9.73. The predicted octanol–water partition coefficient (Wildman–Crippen LogP) is 1.72. The summed E-state index contributed by atoms with van der Waals surface area (Å²) >= 11 is 0. The molecule has 2 nitrogen and oxygen atoms in total. The molecule has 2 atom stereocenters. The summed E-state index contributed by atoms with van der Waals surface area (Å²) in [6.07, 6.45) is 0. The van der Waals surface area contributed by atoms with Crippen LogP contribution in [0.25, 0.3) is 0 Å². The molecule has 1 heterocycles. The summed E-state index contributed by atoms with van der Waals surface area (Å²) in [5.74, 6) is 0.178. The molecule has 0 unspecified atom stereocenters. The van der Waals surface area contributed by atoms with Gasteiger partial charge >= 0.3 is 0 Å². The maximum atomic E-state index is 12.6. The van der Waals surface area contributed by atoms with Crippen LogP contribution < -0.4 is 5.73 Å². The lowest BCUT2D eigenvalue weighted by atomic mass is 9.95. The molecule has 94 valence electrons. The molecule has 1 aromatic rings. The van der Waals surface area contributed by atoms with Crippen molar-refractivity contribution in [2.24, 2.45) is 5.73 Å². The van der Waals surface area contributed by atoms with Crippen LogP contribution >= 0.6 is 0 Å². The molecular formula is C13H18F2N2. The van der Waals surface area contributed by atoms with Crippen LogP contribution in [0.4, 0.5) is 8.78 Å². The molecule has 0 aromatic heterocycles. The topological polar surface area (TPSA) is 29.3 Å². The summed E-state index contributed by atoms with van der Waals surface area (Å²) < 4.78 is 25.3. The Morgan fingerprint density at radius 2 is 1.82 bits per heavy atom. The van der Waals surface area contributed by atoms with Crippen molar-refractivity contribution < 1.29 is 8.78 Å². The van der Waals surface area contributed by atoms with Gasteiger partial charge in [0.05, 0.1) is 6.04 Å². The van der Waals surface area contributed by atoms with E-state index in [4.69, 9.17) is 5.73 Å².